The van der Waals surface area contributed by atoms with E-state index < -0.39 is 0 Å². The number of carbonyl (C=O) groups excluding carboxylic acids is 2. The maximum Gasteiger partial charge on any atom is 0.268 e. The molecule has 0 radical (unpaired) electrons. The molecule has 4 nitrogen and oxygen atoms in total. The number of Topliss-reactive ketones (excluding diaryl/α,β-unsaturated/α-hetero) is 1. The molecule has 0 bridgehead atoms. The van der Waals surface area contributed by atoms with Crippen LogP contribution in [0.25, 0.3) is 0 Å². The summed E-state index contributed by atoms with van der Waals surface area (Å²) in [4.78, 5) is 26.1. The Hall–Kier alpha value is -2.10. The van der Waals surface area contributed by atoms with E-state index in [4.69, 9.17) is 0 Å². The van der Waals surface area contributed by atoms with Gasteiger partial charge in [0, 0.05) is 24.0 Å². The number of allylic oxidation sites excluding steroid dienone is 4. The third-order valence-electron chi connectivity index (χ3n) is 6.08. The highest BCUT2D eigenvalue weighted by molar-refractivity contribution is 5.95. The molecule has 1 heterocycles. The van der Waals surface area contributed by atoms with Crippen LogP contribution in [0, 0.1) is 17.3 Å². The number of nitrogens with zero attached hydrogens (tertiary/aromatic N) is 1. The molecule has 2 atom stereocenters. The molecule has 1 fully saturated rings. The predicted octanol–water partition coefficient (Wildman–Crippen LogP) is 4.33. The van der Waals surface area contributed by atoms with Gasteiger partial charge in [0.25, 0.3) is 5.91 Å². The van der Waals surface area contributed by atoms with Crippen LogP contribution in [0.5, 0.6) is 0 Å². The molecule has 1 amide bonds. The van der Waals surface area contributed by atoms with Gasteiger partial charge in [0.2, 0.25) is 0 Å². The molecule has 2 rings (SSSR count). The number of hydrogen-bond donors (Lipinski definition) is 1. The SMILES string of the molecule is C=C1C=CC=C(C(=O)NCC2CCCC(C)(C)C2C)N1/C=C(\C)C(C)=O. The summed E-state index contributed by atoms with van der Waals surface area (Å²) in [6, 6.07) is 0. The third kappa shape index (κ3) is 4.54. The van der Waals surface area contributed by atoms with Gasteiger partial charge in [0.1, 0.15) is 5.70 Å². The molecule has 1 aliphatic heterocycles. The second-order valence-electron chi connectivity index (χ2n) is 8.28. The van der Waals surface area contributed by atoms with Crippen molar-refractivity contribution in [3.05, 3.63) is 48.0 Å². The summed E-state index contributed by atoms with van der Waals surface area (Å²) in [5, 5.41) is 3.11. The Kier molecular flexibility index (Phi) is 6.27. The first kappa shape index (κ1) is 20.2. The van der Waals surface area contributed by atoms with Gasteiger partial charge in [-0.3, -0.25) is 9.59 Å². The van der Waals surface area contributed by atoms with Crippen molar-refractivity contribution in [2.24, 2.45) is 17.3 Å². The Bertz CT molecular complexity index is 682. The summed E-state index contributed by atoms with van der Waals surface area (Å²) in [6.45, 7) is 14.9. The zero-order valence-corrected chi connectivity index (χ0v) is 16.8. The van der Waals surface area contributed by atoms with Gasteiger partial charge in [-0.25, -0.2) is 0 Å². The van der Waals surface area contributed by atoms with Gasteiger partial charge in [-0.1, -0.05) is 39.8 Å². The van der Waals surface area contributed by atoms with E-state index in [1.165, 1.54) is 19.8 Å². The summed E-state index contributed by atoms with van der Waals surface area (Å²) < 4.78 is 0. The number of hydrogen-bond acceptors (Lipinski definition) is 3. The highest BCUT2D eigenvalue weighted by Crippen LogP contribution is 2.43. The average molecular weight is 357 g/mol. The molecule has 142 valence electrons. The molecule has 0 aromatic carbocycles. The second-order valence-corrected chi connectivity index (χ2v) is 8.28. The topological polar surface area (TPSA) is 49.4 Å². The van der Waals surface area contributed by atoms with Gasteiger partial charge in [-0.2, -0.15) is 0 Å². The second kappa shape index (κ2) is 8.07. The fourth-order valence-corrected chi connectivity index (χ4v) is 3.72. The smallest absolute Gasteiger partial charge is 0.268 e. The van der Waals surface area contributed by atoms with E-state index in [0.29, 0.717) is 40.8 Å². The number of amides is 1. The van der Waals surface area contributed by atoms with Crippen molar-refractivity contribution in [2.45, 2.75) is 53.9 Å². The molecule has 1 saturated carbocycles. The standard InChI is InChI=1S/C22H32N2O2/c1-15(18(4)25)14-24-16(2)9-7-11-20(24)21(26)23-13-19-10-8-12-22(5,6)17(19)3/h7,9,11,14,17,19H,2,8,10,12-13H2,1,3-6H3,(H,23,26)/b15-14+. The van der Waals surface area contributed by atoms with Crippen LogP contribution in [0.4, 0.5) is 0 Å². The lowest BCUT2D eigenvalue weighted by Crippen LogP contribution is -2.41. The van der Waals surface area contributed by atoms with Gasteiger partial charge >= 0.3 is 0 Å². The van der Waals surface area contributed by atoms with Crippen LogP contribution in [0.2, 0.25) is 0 Å². The van der Waals surface area contributed by atoms with Crippen molar-refractivity contribution < 1.29 is 9.59 Å². The van der Waals surface area contributed by atoms with Crippen LogP contribution in [-0.2, 0) is 9.59 Å². The van der Waals surface area contributed by atoms with Crippen molar-refractivity contribution in [1.29, 1.82) is 0 Å². The lowest BCUT2D eigenvalue weighted by molar-refractivity contribution is -0.119. The molecule has 2 aliphatic rings. The lowest BCUT2D eigenvalue weighted by atomic mass is 9.64. The Balaban J connectivity index is 2.08. The Morgan fingerprint density at radius 2 is 2.08 bits per heavy atom. The summed E-state index contributed by atoms with van der Waals surface area (Å²) in [5.41, 5.74) is 2.08. The van der Waals surface area contributed by atoms with Crippen LogP contribution in [0.15, 0.2) is 48.0 Å². The molecule has 0 spiro atoms. The molecule has 2 unspecified atom stereocenters. The van der Waals surface area contributed by atoms with Gasteiger partial charge in [0.15, 0.2) is 5.78 Å². The van der Waals surface area contributed by atoms with E-state index in [9.17, 15) is 9.59 Å². The molecular formula is C22H32N2O2. The molecule has 1 aliphatic carbocycles. The molecule has 1 N–H and O–H groups in total. The van der Waals surface area contributed by atoms with Crippen molar-refractivity contribution in [3.63, 3.8) is 0 Å². The normalized spacial score (nSPS) is 25.7. The van der Waals surface area contributed by atoms with Crippen molar-refractivity contribution in [1.82, 2.24) is 10.2 Å². The largest absolute Gasteiger partial charge is 0.350 e. The van der Waals surface area contributed by atoms with E-state index in [2.05, 4.69) is 32.7 Å². The summed E-state index contributed by atoms with van der Waals surface area (Å²) in [7, 11) is 0. The van der Waals surface area contributed by atoms with Crippen molar-refractivity contribution in [2.75, 3.05) is 6.54 Å². The maximum absolute atomic E-state index is 12.8. The van der Waals surface area contributed by atoms with Gasteiger partial charge in [0.05, 0.1) is 0 Å². The number of carbonyl (C=O) groups is 2. The van der Waals surface area contributed by atoms with E-state index in [1.54, 1.807) is 24.1 Å². The predicted molar refractivity (Wildman–Crippen MR) is 106 cm³/mol. The average Bonchev–Trinajstić information content (AvgIpc) is 2.57. The van der Waals surface area contributed by atoms with E-state index in [-0.39, 0.29) is 11.7 Å². The number of ketones is 1. The summed E-state index contributed by atoms with van der Waals surface area (Å²) >= 11 is 0. The highest BCUT2D eigenvalue weighted by atomic mass is 16.2. The lowest BCUT2D eigenvalue weighted by Gasteiger charge is -2.42. The molecule has 26 heavy (non-hydrogen) atoms. The highest BCUT2D eigenvalue weighted by Gasteiger charge is 2.35. The van der Waals surface area contributed by atoms with Crippen LogP contribution in [0.1, 0.15) is 53.9 Å². The zero-order chi connectivity index (χ0) is 19.5. The molecule has 4 heteroatoms. The fraction of sp³-hybridized carbons (Fsp3) is 0.545. The van der Waals surface area contributed by atoms with Crippen LogP contribution < -0.4 is 5.32 Å². The first-order valence-electron chi connectivity index (χ1n) is 9.47. The van der Waals surface area contributed by atoms with Crippen LogP contribution in [0.3, 0.4) is 0 Å². The maximum atomic E-state index is 12.8. The van der Waals surface area contributed by atoms with Crippen LogP contribution >= 0.6 is 0 Å². The summed E-state index contributed by atoms with van der Waals surface area (Å²) in [6.07, 6.45) is 10.7. The molecular weight excluding hydrogens is 324 g/mol. The van der Waals surface area contributed by atoms with Gasteiger partial charge in [-0.15, -0.1) is 0 Å². The quantitative estimate of drug-likeness (QED) is 0.746. The molecule has 0 aromatic heterocycles. The van der Waals surface area contributed by atoms with Gasteiger partial charge < -0.3 is 10.2 Å². The fourth-order valence-electron chi connectivity index (χ4n) is 3.72. The van der Waals surface area contributed by atoms with E-state index in [1.807, 2.05) is 12.2 Å². The Morgan fingerprint density at radius 3 is 2.73 bits per heavy atom. The van der Waals surface area contributed by atoms with Crippen molar-refractivity contribution >= 4 is 11.7 Å². The van der Waals surface area contributed by atoms with Crippen molar-refractivity contribution in [3.8, 4) is 0 Å². The minimum Gasteiger partial charge on any atom is -0.350 e. The van der Waals surface area contributed by atoms with Gasteiger partial charge in [-0.05, 0) is 56.1 Å². The molecule has 0 aromatic rings. The number of rotatable bonds is 5. The third-order valence-corrected chi connectivity index (χ3v) is 6.08. The number of nitrogens with one attached hydrogen (secondary N) is 1. The molecule has 0 saturated heterocycles. The summed E-state index contributed by atoms with van der Waals surface area (Å²) in [5.74, 6) is 0.917. The zero-order valence-electron chi connectivity index (χ0n) is 16.8. The van der Waals surface area contributed by atoms with E-state index >= 15 is 0 Å². The van der Waals surface area contributed by atoms with E-state index in [0.717, 1.165) is 6.42 Å². The first-order valence-corrected chi connectivity index (χ1v) is 9.47. The monoisotopic (exact) mass is 356 g/mol. The Morgan fingerprint density at radius 1 is 1.38 bits per heavy atom. The van der Waals surface area contributed by atoms with Crippen LogP contribution in [-0.4, -0.2) is 23.1 Å². The Labute approximate surface area is 157 Å². The first-order chi connectivity index (χ1) is 12.1. The minimum atomic E-state index is -0.126. The minimum absolute atomic E-state index is 0.0228.